The minimum Gasteiger partial charge on any atom is -0.464 e. The van der Waals surface area contributed by atoms with Crippen LogP contribution in [0.1, 0.15) is 25.5 Å². The van der Waals surface area contributed by atoms with Gasteiger partial charge in [-0.15, -0.1) is 0 Å². The molecule has 2 aromatic rings. The number of hydrogen-bond donors (Lipinski definition) is 1. The average molecular weight is 258 g/mol. The maximum absolute atomic E-state index is 6.04. The van der Waals surface area contributed by atoms with Gasteiger partial charge in [0.15, 0.2) is 0 Å². The maximum atomic E-state index is 6.04. The molecule has 2 heterocycles. The molecule has 1 aliphatic heterocycles. The van der Waals surface area contributed by atoms with Crippen molar-refractivity contribution in [2.24, 2.45) is 17.6 Å². The van der Waals surface area contributed by atoms with Crippen molar-refractivity contribution in [3.05, 3.63) is 36.1 Å². The molecule has 1 aliphatic rings. The van der Waals surface area contributed by atoms with Crippen LogP contribution in [0.3, 0.4) is 0 Å². The molecule has 0 radical (unpaired) electrons. The van der Waals surface area contributed by atoms with E-state index in [4.69, 9.17) is 10.2 Å². The van der Waals surface area contributed by atoms with Gasteiger partial charge in [0.25, 0.3) is 0 Å². The van der Waals surface area contributed by atoms with Crippen LogP contribution in [-0.4, -0.2) is 24.5 Å². The molecule has 2 N–H and O–H groups in total. The van der Waals surface area contributed by atoms with E-state index < -0.39 is 0 Å². The Labute approximate surface area is 114 Å². The number of nitrogens with zero attached hydrogens (tertiary/aromatic N) is 1. The van der Waals surface area contributed by atoms with E-state index in [-0.39, 0.29) is 6.04 Å². The third-order valence-corrected chi connectivity index (χ3v) is 4.55. The lowest BCUT2D eigenvalue weighted by Gasteiger charge is -2.26. The van der Waals surface area contributed by atoms with E-state index in [1.54, 1.807) is 0 Å². The Bertz CT molecular complexity index is 553. The van der Waals surface area contributed by atoms with E-state index in [2.05, 4.69) is 30.9 Å². The fraction of sp³-hybridized carbons (Fsp3) is 0.500. The summed E-state index contributed by atoms with van der Waals surface area (Å²) in [5, 5.41) is 1.20. The third kappa shape index (κ3) is 2.17. The van der Waals surface area contributed by atoms with Gasteiger partial charge in [-0.25, -0.2) is 0 Å². The van der Waals surface area contributed by atoms with Gasteiger partial charge in [-0.1, -0.05) is 32.0 Å². The summed E-state index contributed by atoms with van der Waals surface area (Å²) in [5.41, 5.74) is 8.23. The highest BCUT2D eigenvalue weighted by Crippen LogP contribution is 2.34. The van der Waals surface area contributed by atoms with Crippen molar-refractivity contribution in [3.8, 4) is 0 Å². The van der Waals surface area contributed by atoms with Crippen molar-refractivity contribution in [1.82, 2.24) is 4.90 Å². The van der Waals surface area contributed by atoms with Crippen molar-refractivity contribution in [1.29, 1.82) is 0 Å². The van der Waals surface area contributed by atoms with Crippen molar-refractivity contribution in [3.63, 3.8) is 0 Å². The fourth-order valence-electron chi connectivity index (χ4n) is 3.16. The van der Waals surface area contributed by atoms with E-state index >= 15 is 0 Å². The number of likely N-dealkylation sites (tertiary alicyclic amines) is 1. The van der Waals surface area contributed by atoms with E-state index in [1.165, 1.54) is 10.9 Å². The van der Waals surface area contributed by atoms with Crippen molar-refractivity contribution >= 4 is 11.0 Å². The van der Waals surface area contributed by atoms with Gasteiger partial charge in [-0.3, -0.25) is 4.90 Å². The Morgan fingerprint density at radius 3 is 2.63 bits per heavy atom. The van der Waals surface area contributed by atoms with Crippen molar-refractivity contribution in [2.75, 3.05) is 19.6 Å². The Kier molecular flexibility index (Phi) is 3.33. The molecule has 0 spiro atoms. The molecule has 19 heavy (non-hydrogen) atoms. The summed E-state index contributed by atoms with van der Waals surface area (Å²) >= 11 is 0. The number of benzene rings is 1. The van der Waals surface area contributed by atoms with Crippen LogP contribution < -0.4 is 5.73 Å². The summed E-state index contributed by atoms with van der Waals surface area (Å²) in [6.07, 6.45) is 1.88. The van der Waals surface area contributed by atoms with Crippen LogP contribution in [0.5, 0.6) is 0 Å². The molecule has 1 fully saturated rings. The molecule has 3 atom stereocenters. The Hall–Kier alpha value is -1.32. The van der Waals surface area contributed by atoms with Crippen LogP contribution in [0.25, 0.3) is 11.0 Å². The second kappa shape index (κ2) is 4.99. The first-order chi connectivity index (χ1) is 9.20. The third-order valence-electron chi connectivity index (χ3n) is 4.55. The molecule has 0 saturated carbocycles. The molecular weight excluding hydrogens is 236 g/mol. The molecule has 3 nitrogen and oxygen atoms in total. The molecule has 102 valence electrons. The van der Waals surface area contributed by atoms with Crippen molar-refractivity contribution < 1.29 is 4.42 Å². The zero-order valence-electron chi connectivity index (χ0n) is 11.7. The molecule has 0 aliphatic carbocycles. The summed E-state index contributed by atoms with van der Waals surface area (Å²) in [7, 11) is 0. The summed E-state index contributed by atoms with van der Waals surface area (Å²) in [6.45, 7) is 7.55. The second-order valence-electron chi connectivity index (χ2n) is 5.85. The van der Waals surface area contributed by atoms with Crippen LogP contribution in [0, 0.1) is 11.8 Å². The molecular formula is C16H22N2O. The first-order valence-electron chi connectivity index (χ1n) is 7.11. The fourth-order valence-corrected chi connectivity index (χ4v) is 3.16. The highest BCUT2D eigenvalue weighted by molar-refractivity contribution is 5.81. The lowest BCUT2D eigenvalue weighted by Crippen LogP contribution is -2.32. The first kappa shape index (κ1) is 12.7. The van der Waals surface area contributed by atoms with Crippen molar-refractivity contribution in [2.45, 2.75) is 19.9 Å². The quantitative estimate of drug-likeness (QED) is 0.920. The standard InChI is InChI=1S/C16H22N2O/c1-11-8-18(9-12(11)2)15(7-17)14-10-19-16-6-4-3-5-13(14)16/h3-6,10-12,15H,7-9,17H2,1-2H3. The number of fused-ring (bicyclic) bond motifs is 1. The zero-order valence-corrected chi connectivity index (χ0v) is 11.7. The molecule has 1 aromatic carbocycles. The first-order valence-corrected chi connectivity index (χ1v) is 7.11. The molecule has 1 saturated heterocycles. The molecule has 0 bridgehead atoms. The predicted molar refractivity (Wildman–Crippen MR) is 77.9 cm³/mol. The number of nitrogens with two attached hydrogens (primary N) is 1. The van der Waals surface area contributed by atoms with E-state index in [1.807, 2.05) is 18.4 Å². The zero-order chi connectivity index (χ0) is 13.4. The van der Waals surface area contributed by atoms with Crippen LogP contribution in [-0.2, 0) is 0 Å². The summed E-state index contributed by atoms with van der Waals surface area (Å²) in [4.78, 5) is 2.51. The maximum Gasteiger partial charge on any atom is 0.134 e. The minimum absolute atomic E-state index is 0.274. The smallest absolute Gasteiger partial charge is 0.134 e. The van der Waals surface area contributed by atoms with Crippen LogP contribution in [0.2, 0.25) is 0 Å². The molecule has 0 amide bonds. The van der Waals surface area contributed by atoms with Gasteiger partial charge in [0.1, 0.15) is 5.58 Å². The minimum atomic E-state index is 0.274. The normalized spacial score (nSPS) is 26.1. The Morgan fingerprint density at radius 1 is 1.26 bits per heavy atom. The van der Waals surface area contributed by atoms with Gasteiger partial charge in [0.05, 0.1) is 12.3 Å². The monoisotopic (exact) mass is 258 g/mol. The van der Waals surface area contributed by atoms with E-state index in [0.717, 1.165) is 30.5 Å². The number of hydrogen-bond acceptors (Lipinski definition) is 3. The van der Waals surface area contributed by atoms with Gasteiger partial charge in [-0.05, 0) is 17.9 Å². The lowest BCUT2D eigenvalue weighted by molar-refractivity contribution is 0.240. The topological polar surface area (TPSA) is 42.4 Å². The van der Waals surface area contributed by atoms with Gasteiger partial charge in [-0.2, -0.15) is 0 Å². The highest BCUT2D eigenvalue weighted by Gasteiger charge is 2.32. The lowest BCUT2D eigenvalue weighted by atomic mass is 10.0. The van der Waals surface area contributed by atoms with Crippen LogP contribution in [0.4, 0.5) is 0 Å². The molecule has 3 heteroatoms. The molecule has 1 aromatic heterocycles. The number of para-hydroxylation sites is 1. The largest absolute Gasteiger partial charge is 0.464 e. The van der Waals surface area contributed by atoms with E-state index in [0.29, 0.717) is 6.54 Å². The number of rotatable bonds is 3. The summed E-state index contributed by atoms with van der Waals surface area (Å²) in [6, 6.07) is 8.48. The van der Waals surface area contributed by atoms with E-state index in [9.17, 15) is 0 Å². The Morgan fingerprint density at radius 2 is 1.95 bits per heavy atom. The summed E-state index contributed by atoms with van der Waals surface area (Å²) in [5.74, 6) is 1.49. The Balaban J connectivity index is 1.94. The number of furan rings is 1. The van der Waals surface area contributed by atoms with Gasteiger partial charge < -0.3 is 10.2 Å². The molecule has 3 rings (SSSR count). The summed E-state index contributed by atoms with van der Waals surface area (Å²) < 4.78 is 5.66. The van der Waals surface area contributed by atoms with Crippen LogP contribution >= 0.6 is 0 Å². The van der Waals surface area contributed by atoms with Gasteiger partial charge >= 0.3 is 0 Å². The SMILES string of the molecule is CC1CN(C(CN)c2coc3ccccc23)CC1C. The predicted octanol–water partition coefficient (Wildman–Crippen LogP) is 3.02. The van der Waals surface area contributed by atoms with Gasteiger partial charge in [0, 0.05) is 30.6 Å². The highest BCUT2D eigenvalue weighted by atomic mass is 16.3. The van der Waals surface area contributed by atoms with Crippen LogP contribution in [0.15, 0.2) is 34.9 Å². The average Bonchev–Trinajstić information content (AvgIpc) is 2.97. The molecule has 3 unspecified atom stereocenters. The van der Waals surface area contributed by atoms with Gasteiger partial charge in [0.2, 0.25) is 0 Å². The second-order valence-corrected chi connectivity index (χ2v) is 5.85.